The van der Waals surface area contributed by atoms with Crippen LogP contribution in [0.15, 0.2) is 41.2 Å². The molecule has 2 aliphatic rings. The van der Waals surface area contributed by atoms with E-state index in [1.165, 1.54) is 10.7 Å². The van der Waals surface area contributed by atoms with Gasteiger partial charge in [-0.25, -0.2) is 4.68 Å². The molecule has 2 aliphatic heterocycles. The number of hydrogen-bond donors (Lipinski definition) is 1. The molecule has 2 atom stereocenters. The van der Waals surface area contributed by atoms with Gasteiger partial charge in [-0.3, -0.25) is 14.7 Å². The number of rotatable bonds is 2. The van der Waals surface area contributed by atoms with Gasteiger partial charge >= 0.3 is 0 Å². The van der Waals surface area contributed by atoms with Gasteiger partial charge < -0.3 is 9.80 Å². The van der Waals surface area contributed by atoms with Crippen molar-refractivity contribution in [2.24, 2.45) is 5.92 Å². The third kappa shape index (κ3) is 2.39. The zero-order chi connectivity index (χ0) is 16.0. The predicted octanol–water partition coefficient (Wildman–Crippen LogP) is 0.942. The first-order valence-electron chi connectivity index (χ1n) is 8.00. The summed E-state index contributed by atoms with van der Waals surface area (Å²) in [5.74, 6) is 0.478. The summed E-state index contributed by atoms with van der Waals surface area (Å²) in [7, 11) is 2.12. The second kappa shape index (κ2) is 5.38. The monoisotopic (exact) mass is 312 g/mol. The number of para-hydroxylation sites is 1. The standard InChI is InChI=1S/C17H20N4O2/c1-19-8-7-12-10-20(11-15(12)19)17(23)14-9-16(22)21(18-14)13-5-3-2-4-6-13/h2-6,9,12,15,18H,7-8,10-11H2,1H3/t12-,15+/m1/s1. The summed E-state index contributed by atoms with van der Waals surface area (Å²) in [4.78, 5) is 29.1. The minimum atomic E-state index is -0.212. The summed E-state index contributed by atoms with van der Waals surface area (Å²) in [6, 6.07) is 11.1. The predicted molar refractivity (Wildman–Crippen MR) is 86.8 cm³/mol. The lowest BCUT2D eigenvalue weighted by molar-refractivity contribution is 0.0768. The van der Waals surface area contributed by atoms with Crippen LogP contribution in [-0.2, 0) is 0 Å². The first kappa shape index (κ1) is 14.3. The Labute approximate surface area is 134 Å². The highest BCUT2D eigenvalue weighted by atomic mass is 16.2. The first-order chi connectivity index (χ1) is 11.1. The van der Waals surface area contributed by atoms with Crippen LogP contribution in [0.3, 0.4) is 0 Å². The van der Waals surface area contributed by atoms with Crippen molar-refractivity contribution in [2.45, 2.75) is 12.5 Å². The third-order valence-corrected chi connectivity index (χ3v) is 5.08. The molecule has 23 heavy (non-hydrogen) atoms. The highest BCUT2D eigenvalue weighted by Crippen LogP contribution is 2.30. The van der Waals surface area contributed by atoms with E-state index in [4.69, 9.17) is 0 Å². The molecule has 0 aliphatic carbocycles. The second-order valence-corrected chi connectivity index (χ2v) is 6.49. The van der Waals surface area contributed by atoms with Crippen LogP contribution >= 0.6 is 0 Å². The SMILES string of the molecule is CN1CC[C@@H]2CN(C(=O)c3cc(=O)n(-c4ccccc4)[nH]3)C[C@@H]21. The van der Waals surface area contributed by atoms with E-state index in [9.17, 15) is 9.59 Å². The zero-order valence-corrected chi connectivity index (χ0v) is 13.1. The number of likely N-dealkylation sites (tertiary alicyclic amines) is 2. The molecule has 0 radical (unpaired) electrons. The van der Waals surface area contributed by atoms with E-state index in [0.717, 1.165) is 31.7 Å². The third-order valence-electron chi connectivity index (χ3n) is 5.08. The molecule has 120 valence electrons. The van der Waals surface area contributed by atoms with Crippen molar-refractivity contribution in [1.29, 1.82) is 0 Å². The van der Waals surface area contributed by atoms with Gasteiger partial charge in [0.05, 0.1) is 5.69 Å². The van der Waals surface area contributed by atoms with Gasteiger partial charge in [0.2, 0.25) is 0 Å². The molecule has 1 aromatic heterocycles. The van der Waals surface area contributed by atoms with Gasteiger partial charge in [0.15, 0.2) is 0 Å². The number of aromatic amines is 1. The Morgan fingerprint density at radius 2 is 2.00 bits per heavy atom. The van der Waals surface area contributed by atoms with Crippen LogP contribution in [0.4, 0.5) is 0 Å². The maximum atomic E-state index is 12.7. The van der Waals surface area contributed by atoms with Crippen LogP contribution in [0.2, 0.25) is 0 Å². The molecule has 0 bridgehead atoms. The van der Waals surface area contributed by atoms with Crippen molar-refractivity contribution in [3.05, 3.63) is 52.4 Å². The highest BCUT2D eigenvalue weighted by Gasteiger charge is 2.41. The number of aromatic nitrogens is 2. The first-order valence-corrected chi connectivity index (χ1v) is 8.00. The van der Waals surface area contributed by atoms with Crippen LogP contribution in [0, 0.1) is 5.92 Å². The molecular formula is C17H20N4O2. The van der Waals surface area contributed by atoms with Crippen LogP contribution < -0.4 is 5.56 Å². The maximum absolute atomic E-state index is 12.7. The molecule has 6 nitrogen and oxygen atoms in total. The molecule has 2 saturated heterocycles. The van der Waals surface area contributed by atoms with Gasteiger partial charge in [0.1, 0.15) is 5.69 Å². The van der Waals surface area contributed by atoms with Crippen LogP contribution in [0.25, 0.3) is 5.69 Å². The number of likely N-dealkylation sites (N-methyl/N-ethyl adjacent to an activating group) is 1. The van der Waals surface area contributed by atoms with Gasteiger partial charge in [-0.15, -0.1) is 0 Å². The number of benzene rings is 1. The number of carbonyl (C=O) groups excluding carboxylic acids is 1. The maximum Gasteiger partial charge on any atom is 0.272 e. The Hall–Kier alpha value is -2.34. The Morgan fingerprint density at radius 3 is 2.74 bits per heavy atom. The van der Waals surface area contributed by atoms with E-state index in [-0.39, 0.29) is 11.5 Å². The number of H-pyrrole nitrogens is 1. The molecule has 1 aromatic carbocycles. The normalized spacial score (nSPS) is 24.1. The molecule has 0 saturated carbocycles. The van der Waals surface area contributed by atoms with Gasteiger partial charge in [-0.2, -0.15) is 0 Å². The molecule has 3 heterocycles. The van der Waals surface area contributed by atoms with Gasteiger partial charge in [0, 0.05) is 25.2 Å². The minimum Gasteiger partial charge on any atom is -0.335 e. The number of fused-ring (bicyclic) bond motifs is 1. The molecular weight excluding hydrogens is 292 g/mol. The minimum absolute atomic E-state index is 0.0837. The Balaban J connectivity index is 1.57. The fourth-order valence-electron chi connectivity index (χ4n) is 3.78. The lowest BCUT2D eigenvalue weighted by Gasteiger charge is -2.20. The van der Waals surface area contributed by atoms with E-state index in [1.54, 1.807) is 0 Å². The van der Waals surface area contributed by atoms with E-state index in [0.29, 0.717) is 17.7 Å². The van der Waals surface area contributed by atoms with Crippen molar-refractivity contribution < 1.29 is 4.79 Å². The lowest BCUT2D eigenvalue weighted by Crippen LogP contribution is -2.35. The number of nitrogens with zero attached hydrogens (tertiary/aromatic N) is 3. The Kier molecular flexibility index (Phi) is 3.34. The topological polar surface area (TPSA) is 61.3 Å². The molecule has 1 amide bonds. The summed E-state index contributed by atoms with van der Waals surface area (Å²) < 4.78 is 1.41. The molecule has 1 N–H and O–H groups in total. The van der Waals surface area contributed by atoms with E-state index in [1.807, 2.05) is 35.2 Å². The molecule has 0 unspecified atom stereocenters. The van der Waals surface area contributed by atoms with E-state index in [2.05, 4.69) is 17.0 Å². The zero-order valence-electron chi connectivity index (χ0n) is 13.1. The Bertz CT molecular complexity index is 779. The largest absolute Gasteiger partial charge is 0.335 e. The quantitative estimate of drug-likeness (QED) is 0.898. The van der Waals surface area contributed by atoms with Gasteiger partial charge in [-0.1, -0.05) is 18.2 Å². The van der Waals surface area contributed by atoms with Crippen molar-refractivity contribution in [3.63, 3.8) is 0 Å². The van der Waals surface area contributed by atoms with E-state index >= 15 is 0 Å². The van der Waals surface area contributed by atoms with Crippen LogP contribution in [0.5, 0.6) is 0 Å². The number of hydrogen-bond acceptors (Lipinski definition) is 3. The van der Waals surface area contributed by atoms with Crippen molar-refractivity contribution in [2.75, 3.05) is 26.7 Å². The summed E-state index contributed by atoms with van der Waals surface area (Å²) in [6.45, 7) is 2.64. The summed E-state index contributed by atoms with van der Waals surface area (Å²) in [5, 5.41) is 2.95. The highest BCUT2D eigenvalue weighted by molar-refractivity contribution is 5.92. The van der Waals surface area contributed by atoms with Crippen molar-refractivity contribution >= 4 is 5.91 Å². The average molecular weight is 312 g/mol. The van der Waals surface area contributed by atoms with Gasteiger partial charge in [0.25, 0.3) is 11.5 Å². The van der Waals surface area contributed by atoms with Crippen molar-refractivity contribution in [3.8, 4) is 5.69 Å². The van der Waals surface area contributed by atoms with Gasteiger partial charge in [-0.05, 0) is 38.1 Å². The summed E-state index contributed by atoms with van der Waals surface area (Å²) in [6.07, 6.45) is 1.15. The number of amides is 1. The molecule has 6 heteroatoms. The fraction of sp³-hybridized carbons (Fsp3) is 0.412. The number of nitrogens with one attached hydrogen (secondary N) is 1. The summed E-state index contributed by atoms with van der Waals surface area (Å²) >= 11 is 0. The molecule has 2 aromatic rings. The molecule has 4 rings (SSSR count). The lowest BCUT2D eigenvalue weighted by atomic mass is 10.1. The summed E-state index contributed by atoms with van der Waals surface area (Å²) in [5.41, 5.74) is 0.882. The smallest absolute Gasteiger partial charge is 0.272 e. The fourth-order valence-corrected chi connectivity index (χ4v) is 3.78. The average Bonchev–Trinajstić information content (AvgIpc) is 3.24. The van der Waals surface area contributed by atoms with Crippen LogP contribution in [-0.4, -0.2) is 58.2 Å². The molecule has 2 fully saturated rings. The Morgan fingerprint density at radius 1 is 1.22 bits per heavy atom. The number of carbonyl (C=O) groups is 1. The second-order valence-electron chi connectivity index (χ2n) is 6.49. The van der Waals surface area contributed by atoms with E-state index < -0.39 is 0 Å². The molecule has 0 spiro atoms. The van der Waals surface area contributed by atoms with Crippen molar-refractivity contribution in [1.82, 2.24) is 19.6 Å². The van der Waals surface area contributed by atoms with Crippen LogP contribution in [0.1, 0.15) is 16.9 Å².